The Morgan fingerprint density at radius 1 is 0.731 bits per heavy atom. The zero-order valence-corrected chi connectivity index (χ0v) is 17.2. The number of hydrogen-bond acceptors (Lipinski definition) is 2. The van der Waals surface area contributed by atoms with Crippen LogP contribution in [0.25, 0.3) is 22.4 Å². The number of rotatable bonds is 3. The van der Waals surface area contributed by atoms with E-state index in [1.54, 1.807) is 36.5 Å². The van der Waals surface area contributed by atoms with Crippen molar-refractivity contribution in [3.8, 4) is 22.4 Å². The van der Waals surface area contributed by atoms with Crippen molar-refractivity contribution >= 4 is 75.9 Å². The van der Waals surface area contributed by atoms with E-state index < -0.39 is 0 Å². The van der Waals surface area contributed by atoms with Crippen molar-refractivity contribution in [1.82, 2.24) is 4.98 Å². The van der Waals surface area contributed by atoms with Gasteiger partial charge in [-0.1, -0.05) is 75.7 Å². The van der Waals surface area contributed by atoms with Crippen LogP contribution in [0.5, 0.6) is 0 Å². The van der Waals surface area contributed by atoms with Crippen molar-refractivity contribution in [1.29, 1.82) is 0 Å². The summed E-state index contributed by atoms with van der Waals surface area (Å²) < 4.78 is 0. The Kier molecular flexibility index (Phi) is 6.03. The molecule has 8 heteroatoms. The maximum Gasteiger partial charge on any atom is 0.152 e. The second kappa shape index (κ2) is 7.93. The van der Waals surface area contributed by atoms with Gasteiger partial charge in [-0.2, -0.15) is 0 Å². The molecule has 0 spiro atoms. The standard InChI is InChI=1S/C18H7Cl6NO/c19-12-3-1-10(14(21)16(12)23)8-5-9(7-26)18(25-6-8)11-2-4-13(20)17(24)15(11)22/h1-7H. The van der Waals surface area contributed by atoms with Crippen LogP contribution in [0, 0.1) is 0 Å². The average Bonchev–Trinajstić information content (AvgIpc) is 2.64. The number of halogens is 6. The second-order valence-corrected chi connectivity index (χ2v) is 7.55. The van der Waals surface area contributed by atoms with Crippen molar-refractivity contribution in [2.75, 3.05) is 0 Å². The first kappa shape index (κ1) is 19.8. The van der Waals surface area contributed by atoms with Crippen molar-refractivity contribution in [2.24, 2.45) is 0 Å². The van der Waals surface area contributed by atoms with Gasteiger partial charge in [0.2, 0.25) is 0 Å². The van der Waals surface area contributed by atoms with Gasteiger partial charge in [0.25, 0.3) is 0 Å². The molecule has 0 fully saturated rings. The molecule has 26 heavy (non-hydrogen) atoms. The van der Waals surface area contributed by atoms with Gasteiger partial charge in [0.05, 0.1) is 35.8 Å². The lowest BCUT2D eigenvalue weighted by atomic mass is 10.0. The number of benzene rings is 2. The molecular weight excluding hydrogens is 459 g/mol. The summed E-state index contributed by atoms with van der Waals surface area (Å²) in [5, 5.41) is 1.57. The van der Waals surface area contributed by atoms with E-state index in [1.807, 2.05) is 0 Å². The van der Waals surface area contributed by atoms with Crippen LogP contribution < -0.4 is 0 Å². The minimum Gasteiger partial charge on any atom is -0.298 e. The molecule has 0 aliphatic heterocycles. The number of pyridine rings is 1. The van der Waals surface area contributed by atoms with Crippen LogP contribution in [-0.4, -0.2) is 11.3 Å². The molecule has 0 amide bonds. The Bertz CT molecular complexity index is 1030. The Balaban J connectivity index is 2.18. The monoisotopic (exact) mass is 463 g/mol. The van der Waals surface area contributed by atoms with E-state index in [2.05, 4.69) is 4.98 Å². The zero-order chi connectivity index (χ0) is 19.0. The molecule has 0 aliphatic rings. The molecule has 0 bridgehead atoms. The summed E-state index contributed by atoms with van der Waals surface area (Å²) in [4.78, 5) is 16.0. The summed E-state index contributed by atoms with van der Waals surface area (Å²) >= 11 is 36.6. The van der Waals surface area contributed by atoms with Gasteiger partial charge in [-0.05, 0) is 24.3 Å². The molecule has 132 valence electrons. The maximum absolute atomic E-state index is 11.6. The summed E-state index contributed by atoms with van der Waals surface area (Å²) in [6, 6.07) is 8.20. The fourth-order valence-electron chi connectivity index (χ4n) is 2.40. The third-order valence-electron chi connectivity index (χ3n) is 3.68. The number of carbonyl (C=O) groups excluding carboxylic acids is 1. The van der Waals surface area contributed by atoms with Gasteiger partial charge in [0.1, 0.15) is 0 Å². The van der Waals surface area contributed by atoms with Crippen molar-refractivity contribution in [2.45, 2.75) is 0 Å². The molecule has 2 nitrogen and oxygen atoms in total. The van der Waals surface area contributed by atoms with Crippen LogP contribution >= 0.6 is 69.6 Å². The third-order valence-corrected chi connectivity index (χ3v) is 6.27. The minimum atomic E-state index is 0.195. The summed E-state index contributed by atoms with van der Waals surface area (Å²) in [6.07, 6.45) is 2.24. The fourth-order valence-corrected chi connectivity index (χ4v) is 3.67. The van der Waals surface area contributed by atoms with Gasteiger partial charge in [-0.15, -0.1) is 0 Å². The van der Waals surface area contributed by atoms with E-state index in [4.69, 9.17) is 69.6 Å². The van der Waals surface area contributed by atoms with Gasteiger partial charge >= 0.3 is 0 Å². The van der Waals surface area contributed by atoms with Crippen LogP contribution in [0.4, 0.5) is 0 Å². The topological polar surface area (TPSA) is 30.0 Å². The van der Waals surface area contributed by atoms with E-state index in [0.717, 1.165) is 0 Å². The van der Waals surface area contributed by atoms with Gasteiger partial charge in [-0.3, -0.25) is 9.78 Å². The lowest BCUT2D eigenvalue weighted by Gasteiger charge is -2.12. The maximum atomic E-state index is 11.6. The molecule has 0 radical (unpaired) electrons. The number of aromatic nitrogens is 1. The smallest absolute Gasteiger partial charge is 0.152 e. The molecule has 0 aliphatic carbocycles. The van der Waals surface area contributed by atoms with E-state index in [-0.39, 0.29) is 20.1 Å². The van der Waals surface area contributed by atoms with Gasteiger partial charge < -0.3 is 0 Å². The zero-order valence-electron chi connectivity index (χ0n) is 12.7. The molecule has 3 rings (SSSR count). The first-order valence-electron chi connectivity index (χ1n) is 7.08. The summed E-state index contributed by atoms with van der Waals surface area (Å²) in [6.45, 7) is 0. The molecule has 0 saturated carbocycles. The Hall–Kier alpha value is -1.000. The first-order chi connectivity index (χ1) is 12.3. The fraction of sp³-hybridized carbons (Fsp3) is 0. The average molecular weight is 466 g/mol. The largest absolute Gasteiger partial charge is 0.298 e. The summed E-state index contributed by atoms with van der Waals surface area (Å²) in [5.74, 6) is 0. The van der Waals surface area contributed by atoms with Crippen LogP contribution in [0.2, 0.25) is 30.1 Å². The van der Waals surface area contributed by atoms with Crippen molar-refractivity contribution < 1.29 is 4.79 Å². The molecule has 1 aromatic heterocycles. The number of nitrogens with zero attached hydrogens (tertiary/aromatic N) is 1. The Morgan fingerprint density at radius 3 is 1.85 bits per heavy atom. The lowest BCUT2D eigenvalue weighted by Crippen LogP contribution is -1.95. The third kappa shape index (κ3) is 3.55. The highest BCUT2D eigenvalue weighted by Gasteiger charge is 2.17. The molecular formula is C18H7Cl6NO. The molecule has 0 atom stereocenters. The predicted molar refractivity (Wildman–Crippen MR) is 111 cm³/mol. The number of hydrogen-bond donors (Lipinski definition) is 0. The predicted octanol–water partition coefficient (Wildman–Crippen LogP) is 8.15. The van der Waals surface area contributed by atoms with E-state index in [9.17, 15) is 4.79 Å². The second-order valence-electron chi connectivity index (χ2n) is 5.23. The summed E-state index contributed by atoms with van der Waals surface area (Å²) in [5.41, 5.74) is 2.39. The van der Waals surface area contributed by atoms with Crippen LogP contribution in [-0.2, 0) is 0 Å². The highest BCUT2D eigenvalue weighted by Crippen LogP contribution is 2.41. The number of aldehydes is 1. The molecule has 1 heterocycles. The normalized spacial score (nSPS) is 10.8. The van der Waals surface area contributed by atoms with Crippen LogP contribution in [0.3, 0.4) is 0 Å². The summed E-state index contributed by atoms with van der Waals surface area (Å²) in [7, 11) is 0. The number of carbonyl (C=O) groups is 1. The molecule has 0 N–H and O–H groups in total. The lowest BCUT2D eigenvalue weighted by molar-refractivity contribution is 0.112. The van der Waals surface area contributed by atoms with Crippen LogP contribution in [0.15, 0.2) is 36.5 Å². The Morgan fingerprint density at radius 2 is 1.27 bits per heavy atom. The molecule has 0 unspecified atom stereocenters. The highest BCUT2D eigenvalue weighted by atomic mass is 35.5. The van der Waals surface area contributed by atoms with Gasteiger partial charge in [0, 0.05) is 28.5 Å². The van der Waals surface area contributed by atoms with Gasteiger partial charge in [0.15, 0.2) is 6.29 Å². The minimum absolute atomic E-state index is 0.195. The van der Waals surface area contributed by atoms with E-state index in [1.165, 1.54) is 0 Å². The van der Waals surface area contributed by atoms with E-state index >= 15 is 0 Å². The Labute approximate surface area is 179 Å². The molecule has 0 saturated heterocycles. The van der Waals surface area contributed by atoms with Crippen LogP contribution in [0.1, 0.15) is 10.4 Å². The van der Waals surface area contributed by atoms with Crippen molar-refractivity contribution in [3.05, 3.63) is 72.2 Å². The SMILES string of the molecule is O=Cc1cc(-c2ccc(Cl)c(Cl)c2Cl)cnc1-c1ccc(Cl)c(Cl)c1Cl. The molecule has 2 aromatic carbocycles. The highest BCUT2D eigenvalue weighted by molar-refractivity contribution is 6.50. The van der Waals surface area contributed by atoms with Crippen molar-refractivity contribution in [3.63, 3.8) is 0 Å². The van der Waals surface area contributed by atoms with Gasteiger partial charge in [-0.25, -0.2) is 0 Å². The van der Waals surface area contributed by atoms with E-state index in [0.29, 0.717) is 44.3 Å². The molecule has 3 aromatic rings. The first-order valence-corrected chi connectivity index (χ1v) is 9.35. The quantitative estimate of drug-likeness (QED) is 0.288.